The molecular weight excluding hydrogens is 464 g/mol. The van der Waals surface area contributed by atoms with Crippen molar-refractivity contribution in [3.63, 3.8) is 0 Å². The van der Waals surface area contributed by atoms with Gasteiger partial charge < -0.3 is 9.64 Å². The van der Waals surface area contributed by atoms with E-state index in [1.54, 1.807) is 13.0 Å². The molecule has 0 saturated carbocycles. The maximum absolute atomic E-state index is 13.1. The van der Waals surface area contributed by atoms with Crippen molar-refractivity contribution in [2.24, 2.45) is 0 Å². The van der Waals surface area contributed by atoms with Gasteiger partial charge in [0.15, 0.2) is 12.4 Å². The van der Waals surface area contributed by atoms with E-state index >= 15 is 0 Å². The van der Waals surface area contributed by atoms with Crippen LogP contribution in [0.3, 0.4) is 0 Å². The number of fused-ring (bicyclic) bond motifs is 1. The van der Waals surface area contributed by atoms with Crippen molar-refractivity contribution in [2.75, 3.05) is 31.6 Å². The number of nitrogens with zero attached hydrogens (tertiary/aromatic N) is 2. The van der Waals surface area contributed by atoms with E-state index in [1.807, 2.05) is 36.2 Å². The van der Waals surface area contributed by atoms with Gasteiger partial charge >= 0.3 is 5.97 Å². The molecule has 2 heterocycles. The maximum Gasteiger partial charge on any atom is 0.338 e. The number of allylic oxidation sites excluding steroid dienone is 1. The van der Waals surface area contributed by atoms with Gasteiger partial charge in [0.05, 0.1) is 10.5 Å². The Morgan fingerprint density at radius 3 is 2.43 bits per heavy atom. The van der Waals surface area contributed by atoms with Crippen LogP contribution in [0.5, 0.6) is 0 Å². The minimum Gasteiger partial charge on any atom is -0.454 e. The SMILES string of the molecule is Cc1ccc(C(=O)OCC(=O)C=C2N(C)c3ccccc3C2(C)C)cc1S(=O)(=O)N1CCCCC1. The van der Waals surface area contributed by atoms with Gasteiger partial charge in [0, 0.05) is 43.0 Å². The normalized spacial score (nSPS) is 19.0. The molecule has 8 heteroatoms. The summed E-state index contributed by atoms with van der Waals surface area (Å²) in [6.45, 7) is 6.35. The Morgan fingerprint density at radius 1 is 1.06 bits per heavy atom. The Kier molecular flexibility index (Phi) is 6.88. The Morgan fingerprint density at radius 2 is 1.74 bits per heavy atom. The molecule has 1 fully saturated rings. The highest BCUT2D eigenvalue weighted by atomic mass is 32.2. The molecule has 1 saturated heterocycles. The molecule has 2 aliphatic rings. The van der Waals surface area contributed by atoms with E-state index in [2.05, 4.69) is 13.8 Å². The summed E-state index contributed by atoms with van der Waals surface area (Å²) in [5.41, 5.74) is 3.30. The van der Waals surface area contributed by atoms with Gasteiger partial charge in [-0.1, -0.05) is 44.5 Å². The lowest BCUT2D eigenvalue weighted by Crippen LogP contribution is -2.36. The fourth-order valence-corrected chi connectivity index (χ4v) is 6.69. The third kappa shape index (κ3) is 4.77. The summed E-state index contributed by atoms with van der Waals surface area (Å²) in [5.74, 6) is -1.07. The van der Waals surface area contributed by atoms with E-state index in [0.717, 1.165) is 36.2 Å². The van der Waals surface area contributed by atoms with Crippen molar-refractivity contribution >= 4 is 27.5 Å². The largest absolute Gasteiger partial charge is 0.454 e. The van der Waals surface area contributed by atoms with Crippen molar-refractivity contribution in [1.29, 1.82) is 0 Å². The second-order valence-corrected chi connectivity index (χ2v) is 11.6. The summed E-state index contributed by atoms with van der Waals surface area (Å²) in [7, 11) is -1.79. The third-order valence-electron chi connectivity index (χ3n) is 6.94. The van der Waals surface area contributed by atoms with Crippen LogP contribution in [0.4, 0.5) is 5.69 Å². The van der Waals surface area contributed by atoms with Gasteiger partial charge in [-0.15, -0.1) is 0 Å². The van der Waals surface area contributed by atoms with Gasteiger partial charge in [0.2, 0.25) is 10.0 Å². The number of aryl methyl sites for hydroxylation is 1. The highest BCUT2D eigenvalue weighted by molar-refractivity contribution is 7.89. The van der Waals surface area contributed by atoms with Gasteiger partial charge in [-0.25, -0.2) is 13.2 Å². The second-order valence-electron chi connectivity index (χ2n) is 9.72. The molecule has 0 N–H and O–H groups in total. The number of para-hydroxylation sites is 1. The highest BCUT2D eigenvalue weighted by Crippen LogP contribution is 2.46. The third-order valence-corrected chi connectivity index (χ3v) is 8.98. The lowest BCUT2D eigenvalue weighted by Gasteiger charge is -2.26. The van der Waals surface area contributed by atoms with Crippen molar-refractivity contribution in [1.82, 2.24) is 4.31 Å². The Labute approximate surface area is 207 Å². The maximum atomic E-state index is 13.1. The van der Waals surface area contributed by atoms with Crippen LogP contribution in [0.25, 0.3) is 0 Å². The van der Waals surface area contributed by atoms with Crippen LogP contribution in [0, 0.1) is 6.92 Å². The number of carbonyl (C=O) groups excluding carboxylic acids is 2. The molecule has 7 nitrogen and oxygen atoms in total. The lowest BCUT2D eigenvalue weighted by atomic mass is 9.83. The van der Waals surface area contributed by atoms with Crippen LogP contribution >= 0.6 is 0 Å². The quantitative estimate of drug-likeness (QED) is 0.440. The van der Waals surface area contributed by atoms with Gasteiger partial charge in [-0.05, 0) is 49.1 Å². The monoisotopic (exact) mass is 496 g/mol. The molecule has 2 aliphatic heterocycles. The van der Waals surface area contributed by atoms with Gasteiger partial charge in [-0.3, -0.25) is 4.79 Å². The second kappa shape index (κ2) is 9.59. The van der Waals surface area contributed by atoms with Gasteiger partial charge in [0.1, 0.15) is 0 Å². The van der Waals surface area contributed by atoms with E-state index in [-0.39, 0.29) is 21.7 Å². The van der Waals surface area contributed by atoms with Crippen molar-refractivity contribution < 1.29 is 22.7 Å². The summed E-state index contributed by atoms with van der Waals surface area (Å²) in [4.78, 5) is 27.5. The van der Waals surface area contributed by atoms with E-state index < -0.39 is 22.6 Å². The molecule has 0 unspecified atom stereocenters. The molecule has 0 bridgehead atoms. The minimum absolute atomic E-state index is 0.106. The van der Waals surface area contributed by atoms with E-state index in [0.29, 0.717) is 18.7 Å². The molecule has 186 valence electrons. The zero-order valence-corrected chi connectivity index (χ0v) is 21.5. The number of hydrogen-bond acceptors (Lipinski definition) is 6. The number of rotatable bonds is 6. The van der Waals surface area contributed by atoms with Crippen LogP contribution in [0.15, 0.2) is 59.1 Å². The summed E-state index contributed by atoms with van der Waals surface area (Å²) >= 11 is 0. The molecule has 2 aromatic rings. The average molecular weight is 497 g/mol. The van der Waals surface area contributed by atoms with Crippen molar-refractivity contribution in [3.8, 4) is 0 Å². The number of ketones is 1. The van der Waals surface area contributed by atoms with Crippen LogP contribution < -0.4 is 4.90 Å². The van der Waals surface area contributed by atoms with E-state index in [1.165, 1.54) is 22.5 Å². The van der Waals surface area contributed by atoms with Crippen molar-refractivity contribution in [3.05, 3.63) is 70.9 Å². The number of ether oxygens (including phenoxy) is 1. The first kappa shape index (κ1) is 25.1. The zero-order chi connectivity index (χ0) is 25.4. The predicted molar refractivity (Wildman–Crippen MR) is 135 cm³/mol. The minimum atomic E-state index is -3.70. The first-order valence-corrected chi connectivity index (χ1v) is 13.3. The average Bonchev–Trinajstić information content (AvgIpc) is 3.04. The molecule has 0 spiro atoms. The summed E-state index contributed by atoms with van der Waals surface area (Å²) in [5, 5.41) is 0. The molecule has 0 amide bonds. The van der Waals surface area contributed by atoms with Gasteiger partial charge in [-0.2, -0.15) is 4.31 Å². The Hall–Kier alpha value is -2.97. The number of carbonyl (C=O) groups is 2. The van der Waals surface area contributed by atoms with Crippen LogP contribution in [0.1, 0.15) is 54.6 Å². The fraction of sp³-hybridized carbons (Fsp3) is 0.407. The molecule has 35 heavy (non-hydrogen) atoms. The zero-order valence-electron chi connectivity index (χ0n) is 20.7. The molecule has 2 aromatic carbocycles. The lowest BCUT2D eigenvalue weighted by molar-refractivity contribution is -0.117. The Bertz CT molecular complexity index is 1290. The number of benzene rings is 2. The van der Waals surface area contributed by atoms with E-state index in [9.17, 15) is 18.0 Å². The van der Waals surface area contributed by atoms with Gasteiger partial charge in [0.25, 0.3) is 0 Å². The number of hydrogen-bond donors (Lipinski definition) is 0. The molecule has 4 rings (SSSR count). The number of anilines is 1. The fourth-order valence-electron chi connectivity index (χ4n) is 4.92. The molecule has 0 radical (unpaired) electrons. The topological polar surface area (TPSA) is 84.0 Å². The first-order valence-electron chi connectivity index (χ1n) is 11.9. The van der Waals surface area contributed by atoms with Crippen LogP contribution in [-0.4, -0.2) is 51.2 Å². The summed E-state index contributed by atoms with van der Waals surface area (Å²) < 4.78 is 33.0. The van der Waals surface area contributed by atoms with Crippen molar-refractivity contribution in [2.45, 2.75) is 50.3 Å². The summed E-state index contributed by atoms with van der Waals surface area (Å²) in [6.07, 6.45) is 4.19. The first-order chi connectivity index (χ1) is 16.5. The number of piperidine rings is 1. The molecule has 0 aliphatic carbocycles. The predicted octanol–water partition coefficient (Wildman–Crippen LogP) is 4.21. The number of likely N-dealkylation sites (N-methyl/N-ethyl adjacent to an activating group) is 1. The highest BCUT2D eigenvalue weighted by Gasteiger charge is 2.38. The van der Waals surface area contributed by atoms with E-state index in [4.69, 9.17) is 4.74 Å². The number of esters is 1. The smallest absolute Gasteiger partial charge is 0.338 e. The molecule has 0 aromatic heterocycles. The van der Waals surface area contributed by atoms with Crippen LogP contribution in [0.2, 0.25) is 0 Å². The van der Waals surface area contributed by atoms with Crippen LogP contribution in [-0.2, 0) is 25.0 Å². The Balaban J connectivity index is 1.48. The number of sulfonamides is 1. The summed E-state index contributed by atoms with van der Waals surface area (Å²) in [6, 6.07) is 12.5. The standard InChI is InChI=1S/C27H32N2O5S/c1-19-12-13-20(16-24(19)35(32,33)29-14-8-5-9-15-29)26(31)34-18-21(30)17-25-27(2,3)22-10-6-7-11-23(22)28(25)4/h6-7,10-13,16-17H,5,8-9,14-15,18H2,1-4H3. The molecular formula is C27H32N2O5S. The molecule has 0 atom stereocenters.